The summed E-state index contributed by atoms with van der Waals surface area (Å²) in [5, 5.41) is 1.37. The fourth-order valence-corrected chi connectivity index (χ4v) is 5.83. The third-order valence-corrected chi connectivity index (χ3v) is 7.25. The number of aromatic amines is 1. The van der Waals surface area contributed by atoms with Crippen molar-refractivity contribution >= 4 is 22.4 Å². The quantitative estimate of drug-likeness (QED) is 0.866. The Morgan fingerprint density at radius 2 is 2.00 bits per heavy atom. The fourth-order valence-electron chi connectivity index (χ4n) is 5.83. The number of fused-ring (bicyclic) bond motifs is 2. The van der Waals surface area contributed by atoms with Crippen molar-refractivity contribution in [1.29, 1.82) is 0 Å². The van der Waals surface area contributed by atoms with Crippen molar-refractivity contribution in [3.63, 3.8) is 0 Å². The van der Waals surface area contributed by atoms with Crippen LogP contribution in [0, 0.1) is 5.92 Å². The van der Waals surface area contributed by atoms with Gasteiger partial charge in [0.05, 0.1) is 5.92 Å². The first-order chi connectivity index (χ1) is 13.7. The Morgan fingerprint density at radius 3 is 2.75 bits per heavy atom. The number of amides is 1. The predicted molar refractivity (Wildman–Crippen MR) is 114 cm³/mol. The molecule has 4 heteroatoms. The van der Waals surface area contributed by atoms with Crippen LogP contribution in [0.1, 0.15) is 50.7 Å². The fraction of sp³-hybridized carbons (Fsp3) is 0.542. The predicted octanol–water partition coefficient (Wildman–Crippen LogP) is 4.22. The first kappa shape index (κ1) is 18.0. The third kappa shape index (κ3) is 2.73. The van der Waals surface area contributed by atoms with Crippen LogP contribution < -0.4 is 0 Å². The average Bonchev–Trinajstić information content (AvgIpc) is 3.40. The Balaban J connectivity index is 1.61. The molecular formula is C24H31N3O. The maximum Gasteiger partial charge on any atom is 0.230 e. The molecule has 0 saturated heterocycles. The minimum atomic E-state index is -0.0255. The second kappa shape index (κ2) is 7.07. The largest absolute Gasteiger partial charge is 0.361 e. The monoisotopic (exact) mass is 377 g/mol. The van der Waals surface area contributed by atoms with Gasteiger partial charge in [0.2, 0.25) is 5.91 Å². The van der Waals surface area contributed by atoms with E-state index in [1.807, 2.05) is 4.90 Å². The van der Waals surface area contributed by atoms with E-state index in [0.29, 0.717) is 18.0 Å². The molecule has 1 fully saturated rings. The molecule has 2 aromatic rings. The molecule has 1 N–H and O–H groups in total. The number of H-pyrrole nitrogens is 1. The summed E-state index contributed by atoms with van der Waals surface area (Å²) in [6, 6.07) is 7.61. The van der Waals surface area contributed by atoms with Gasteiger partial charge in [0.15, 0.2) is 0 Å². The molecule has 1 aliphatic heterocycles. The zero-order valence-electron chi connectivity index (χ0n) is 17.1. The Bertz CT molecular complexity index is 917. The van der Waals surface area contributed by atoms with Gasteiger partial charge in [-0.05, 0) is 55.9 Å². The van der Waals surface area contributed by atoms with Crippen molar-refractivity contribution < 1.29 is 4.79 Å². The van der Waals surface area contributed by atoms with E-state index in [9.17, 15) is 4.79 Å². The van der Waals surface area contributed by atoms with Crippen LogP contribution in [0.15, 0.2) is 30.5 Å². The van der Waals surface area contributed by atoms with Crippen molar-refractivity contribution in [2.45, 2.75) is 58.0 Å². The lowest BCUT2D eigenvalue weighted by molar-refractivity contribution is -0.134. The van der Waals surface area contributed by atoms with E-state index in [-0.39, 0.29) is 5.92 Å². The van der Waals surface area contributed by atoms with Crippen molar-refractivity contribution in [2.24, 2.45) is 5.92 Å². The second-order valence-corrected chi connectivity index (χ2v) is 8.64. The molecule has 1 saturated carbocycles. The van der Waals surface area contributed by atoms with E-state index in [2.05, 4.69) is 54.2 Å². The Hall–Kier alpha value is -2.07. The number of benzene rings is 1. The van der Waals surface area contributed by atoms with Crippen molar-refractivity contribution in [1.82, 2.24) is 14.8 Å². The van der Waals surface area contributed by atoms with Gasteiger partial charge in [0, 0.05) is 48.8 Å². The third-order valence-electron chi connectivity index (χ3n) is 7.25. The van der Waals surface area contributed by atoms with Crippen molar-refractivity contribution in [3.05, 3.63) is 41.6 Å². The van der Waals surface area contributed by atoms with Crippen LogP contribution in [0.2, 0.25) is 0 Å². The van der Waals surface area contributed by atoms with Crippen molar-refractivity contribution in [2.75, 3.05) is 19.6 Å². The van der Waals surface area contributed by atoms with Crippen LogP contribution in [0.5, 0.6) is 0 Å². The van der Waals surface area contributed by atoms with Gasteiger partial charge < -0.3 is 9.88 Å². The highest BCUT2D eigenvalue weighted by Gasteiger charge is 2.41. The topological polar surface area (TPSA) is 39.3 Å². The number of nitrogens with zero attached hydrogens (tertiary/aromatic N) is 2. The maximum atomic E-state index is 13.3. The Morgan fingerprint density at radius 1 is 1.21 bits per heavy atom. The van der Waals surface area contributed by atoms with Gasteiger partial charge >= 0.3 is 0 Å². The lowest BCUT2D eigenvalue weighted by Gasteiger charge is -2.45. The van der Waals surface area contributed by atoms with Gasteiger partial charge in [-0.1, -0.05) is 31.1 Å². The number of hydrogen-bond donors (Lipinski definition) is 1. The van der Waals surface area contributed by atoms with E-state index in [0.717, 1.165) is 26.1 Å². The molecule has 0 unspecified atom stereocenters. The molecule has 5 rings (SSSR count). The molecule has 4 nitrogen and oxygen atoms in total. The summed E-state index contributed by atoms with van der Waals surface area (Å²) >= 11 is 0. The van der Waals surface area contributed by atoms with E-state index in [4.69, 9.17) is 0 Å². The lowest BCUT2D eigenvalue weighted by Crippen LogP contribution is -2.52. The van der Waals surface area contributed by atoms with Crippen LogP contribution in [-0.2, 0) is 11.2 Å². The first-order valence-corrected chi connectivity index (χ1v) is 11.1. The minimum Gasteiger partial charge on any atom is -0.361 e. The van der Waals surface area contributed by atoms with Crippen LogP contribution in [0.25, 0.3) is 16.5 Å². The van der Waals surface area contributed by atoms with Gasteiger partial charge in [-0.25, -0.2) is 0 Å². The van der Waals surface area contributed by atoms with Crippen LogP contribution in [0.3, 0.4) is 0 Å². The zero-order valence-corrected chi connectivity index (χ0v) is 17.1. The molecule has 0 spiro atoms. The van der Waals surface area contributed by atoms with E-state index < -0.39 is 0 Å². The highest BCUT2D eigenvalue weighted by Crippen LogP contribution is 2.43. The number of hydrogen-bond acceptors (Lipinski definition) is 2. The molecule has 148 valence electrons. The summed E-state index contributed by atoms with van der Waals surface area (Å²) in [4.78, 5) is 21.4. The van der Waals surface area contributed by atoms with Gasteiger partial charge in [0.1, 0.15) is 0 Å². The second-order valence-electron chi connectivity index (χ2n) is 8.64. The first-order valence-electron chi connectivity index (χ1n) is 11.1. The minimum absolute atomic E-state index is 0.0255. The van der Waals surface area contributed by atoms with E-state index in [1.165, 1.54) is 53.3 Å². The zero-order chi connectivity index (χ0) is 19.3. The number of aromatic nitrogens is 1. The van der Waals surface area contributed by atoms with Gasteiger partial charge in [0.25, 0.3) is 0 Å². The number of carbonyl (C=O) groups is 1. The van der Waals surface area contributed by atoms with Gasteiger partial charge in [-0.15, -0.1) is 0 Å². The Kier molecular flexibility index (Phi) is 4.54. The molecule has 2 heterocycles. The smallest absolute Gasteiger partial charge is 0.230 e. The summed E-state index contributed by atoms with van der Waals surface area (Å²) in [6.45, 7) is 6.63. The summed E-state index contributed by atoms with van der Waals surface area (Å²) in [7, 11) is 0. The number of nitrogens with one attached hydrogen (secondary N) is 1. The highest BCUT2D eigenvalue weighted by molar-refractivity contribution is 5.99. The lowest BCUT2D eigenvalue weighted by atomic mass is 9.78. The summed E-state index contributed by atoms with van der Waals surface area (Å²) < 4.78 is 0. The van der Waals surface area contributed by atoms with Gasteiger partial charge in [-0.3, -0.25) is 9.69 Å². The molecule has 0 radical (unpaired) electrons. The molecule has 28 heavy (non-hydrogen) atoms. The van der Waals surface area contributed by atoms with E-state index >= 15 is 0 Å². The molecule has 1 aromatic heterocycles. The summed E-state index contributed by atoms with van der Waals surface area (Å²) in [6.07, 6.45) is 10.8. The SMILES string of the molecule is CCN(CC)C(=O)[C@@H]1C=C2c3cccc4[nH]cc(c34)C[C@H]2N(C2CCCC2)C1. The van der Waals surface area contributed by atoms with Gasteiger partial charge in [-0.2, -0.15) is 0 Å². The molecule has 2 aliphatic carbocycles. The molecular weight excluding hydrogens is 346 g/mol. The van der Waals surface area contributed by atoms with Crippen LogP contribution in [-0.4, -0.2) is 52.4 Å². The van der Waals surface area contributed by atoms with Crippen LogP contribution in [0.4, 0.5) is 0 Å². The summed E-state index contributed by atoms with van der Waals surface area (Å²) in [5.74, 6) is 0.272. The van der Waals surface area contributed by atoms with Crippen LogP contribution >= 0.6 is 0 Å². The molecule has 3 aliphatic rings. The Labute approximate surface area is 167 Å². The molecule has 1 aromatic carbocycles. The number of carbonyl (C=O) groups excluding carboxylic acids is 1. The average molecular weight is 378 g/mol. The summed E-state index contributed by atoms with van der Waals surface area (Å²) in [5.41, 5.74) is 5.38. The molecule has 0 bridgehead atoms. The van der Waals surface area contributed by atoms with Crippen molar-refractivity contribution in [3.8, 4) is 0 Å². The van der Waals surface area contributed by atoms with E-state index in [1.54, 1.807) is 0 Å². The normalized spacial score (nSPS) is 25.0. The maximum absolute atomic E-state index is 13.3. The molecule has 2 atom stereocenters. The number of rotatable bonds is 4. The standard InChI is InChI=1S/C24H31N3O/c1-3-26(4-2)24(28)17-12-20-19-10-7-11-21-23(19)16(14-25-21)13-22(20)27(15-17)18-8-5-6-9-18/h7,10-12,14,17-18,22,25H,3-6,8-9,13,15H2,1-2H3/t17-,22-/m1/s1. The molecule has 1 amide bonds. The highest BCUT2D eigenvalue weighted by atomic mass is 16.2.